The van der Waals surface area contributed by atoms with Crippen molar-refractivity contribution in [3.8, 4) is 0 Å². The third-order valence-electron chi connectivity index (χ3n) is 3.48. The van der Waals surface area contributed by atoms with Crippen LogP contribution >= 0.6 is 15.9 Å². The Kier molecular flexibility index (Phi) is 3.80. The van der Waals surface area contributed by atoms with Crippen LogP contribution in [0, 0.1) is 12.7 Å². The average Bonchev–Trinajstić information content (AvgIpc) is 2.89. The molecule has 0 radical (unpaired) electrons. The first-order valence-electron chi connectivity index (χ1n) is 6.50. The van der Waals surface area contributed by atoms with Gasteiger partial charge in [-0.05, 0) is 36.2 Å². The molecule has 0 aliphatic carbocycles. The van der Waals surface area contributed by atoms with Crippen molar-refractivity contribution < 1.29 is 8.81 Å². The molecule has 1 unspecified atom stereocenters. The first-order chi connectivity index (χ1) is 10.1. The lowest BCUT2D eigenvalue weighted by Crippen LogP contribution is -2.28. The Morgan fingerprint density at radius 1 is 1.24 bits per heavy atom. The lowest BCUT2D eigenvalue weighted by molar-refractivity contribution is 0.465. The van der Waals surface area contributed by atoms with E-state index in [0.717, 1.165) is 21.0 Å². The molecule has 21 heavy (non-hydrogen) atoms. The quantitative estimate of drug-likeness (QED) is 0.551. The highest BCUT2D eigenvalue weighted by Crippen LogP contribution is 2.30. The third-order valence-corrected chi connectivity index (χ3v) is 4.37. The van der Waals surface area contributed by atoms with E-state index in [0.29, 0.717) is 5.76 Å². The molecule has 0 aliphatic heterocycles. The molecule has 2 aromatic carbocycles. The van der Waals surface area contributed by atoms with Crippen LogP contribution in [0.4, 0.5) is 4.39 Å². The Morgan fingerprint density at radius 3 is 2.71 bits per heavy atom. The first kappa shape index (κ1) is 14.3. The summed E-state index contributed by atoms with van der Waals surface area (Å²) >= 11 is 3.47. The Balaban J connectivity index is 2.09. The summed E-state index contributed by atoms with van der Waals surface area (Å²) in [6.45, 7) is 2.00. The van der Waals surface area contributed by atoms with Crippen LogP contribution in [0.3, 0.4) is 0 Å². The van der Waals surface area contributed by atoms with Gasteiger partial charge in [0.2, 0.25) is 0 Å². The fourth-order valence-corrected chi connectivity index (χ4v) is 2.63. The molecule has 1 aromatic heterocycles. The van der Waals surface area contributed by atoms with Gasteiger partial charge in [-0.25, -0.2) is 9.82 Å². The molecule has 0 amide bonds. The zero-order valence-electron chi connectivity index (χ0n) is 11.4. The van der Waals surface area contributed by atoms with E-state index in [9.17, 15) is 4.39 Å². The van der Waals surface area contributed by atoms with Crippen molar-refractivity contribution in [3.05, 3.63) is 69.6 Å². The van der Waals surface area contributed by atoms with Crippen LogP contribution in [0.2, 0.25) is 0 Å². The van der Waals surface area contributed by atoms with E-state index in [-0.39, 0.29) is 17.4 Å². The number of halogens is 2. The highest BCUT2D eigenvalue weighted by atomic mass is 79.9. The summed E-state index contributed by atoms with van der Waals surface area (Å²) in [6.07, 6.45) is 0. The summed E-state index contributed by atoms with van der Waals surface area (Å²) in [5.41, 5.74) is 5.03. The van der Waals surface area contributed by atoms with Crippen molar-refractivity contribution in [2.24, 2.45) is 5.84 Å². The third kappa shape index (κ3) is 2.60. The second-order valence-corrected chi connectivity index (χ2v) is 5.77. The average molecular weight is 349 g/mol. The molecule has 108 valence electrons. The van der Waals surface area contributed by atoms with Gasteiger partial charge in [-0.15, -0.1) is 0 Å². The van der Waals surface area contributed by atoms with Crippen molar-refractivity contribution in [2.45, 2.75) is 13.0 Å². The van der Waals surface area contributed by atoms with Crippen molar-refractivity contribution in [3.63, 3.8) is 0 Å². The lowest BCUT2D eigenvalue weighted by atomic mass is 10.0. The summed E-state index contributed by atoms with van der Waals surface area (Å²) in [4.78, 5) is 0. The van der Waals surface area contributed by atoms with E-state index < -0.39 is 0 Å². The van der Waals surface area contributed by atoms with Gasteiger partial charge in [0, 0.05) is 9.86 Å². The lowest BCUT2D eigenvalue weighted by Gasteiger charge is -2.14. The minimum atomic E-state index is -0.374. The highest BCUT2D eigenvalue weighted by Gasteiger charge is 2.19. The smallest absolute Gasteiger partial charge is 0.169 e. The maximum Gasteiger partial charge on any atom is 0.169 e. The topological polar surface area (TPSA) is 51.2 Å². The summed E-state index contributed by atoms with van der Waals surface area (Å²) in [6, 6.07) is 12.2. The van der Waals surface area contributed by atoms with Gasteiger partial charge in [0.1, 0.15) is 11.8 Å². The predicted octanol–water partition coefficient (Wildman–Crippen LogP) is 4.20. The molecule has 1 heterocycles. The molecule has 5 heteroatoms. The number of nitrogens with one attached hydrogen (secondary N) is 1. The number of aryl methyl sites for hydroxylation is 1. The number of rotatable bonds is 3. The molecule has 0 bridgehead atoms. The molecule has 3 nitrogen and oxygen atoms in total. The summed E-state index contributed by atoms with van der Waals surface area (Å²) < 4.78 is 20.4. The molecule has 3 N–H and O–H groups in total. The molecule has 0 fully saturated rings. The number of benzene rings is 2. The van der Waals surface area contributed by atoms with Gasteiger partial charge in [-0.2, -0.15) is 0 Å². The second kappa shape index (κ2) is 5.60. The molecular formula is C16H14BrFN2O. The van der Waals surface area contributed by atoms with Crippen LogP contribution in [-0.4, -0.2) is 0 Å². The molecule has 1 atom stereocenters. The summed E-state index contributed by atoms with van der Waals surface area (Å²) in [5.74, 6) is 5.88. The van der Waals surface area contributed by atoms with E-state index in [1.54, 1.807) is 12.1 Å². The van der Waals surface area contributed by atoms with Gasteiger partial charge in [-0.3, -0.25) is 5.84 Å². The van der Waals surface area contributed by atoms with Crippen molar-refractivity contribution in [2.75, 3.05) is 0 Å². The van der Waals surface area contributed by atoms with Gasteiger partial charge in [-0.1, -0.05) is 40.2 Å². The normalized spacial score (nSPS) is 12.8. The van der Waals surface area contributed by atoms with Crippen LogP contribution in [0.25, 0.3) is 11.0 Å². The molecule has 0 saturated carbocycles. The predicted molar refractivity (Wildman–Crippen MR) is 84.2 cm³/mol. The number of hydrazine groups is 1. The number of para-hydroxylation sites is 1. The zero-order valence-corrected chi connectivity index (χ0v) is 12.9. The van der Waals surface area contributed by atoms with Gasteiger partial charge >= 0.3 is 0 Å². The Hall–Kier alpha value is -1.69. The van der Waals surface area contributed by atoms with Crippen molar-refractivity contribution in [1.82, 2.24) is 5.43 Å². The molecule has 3 rings (SSSR count). The molecule has 0 saturated heterocycles. The number of hydrogen-bond donors (Lipinski definition) is 2. The van der Waals surface area contributed by atoms with E-state index >= 15 is 0 Å². The van der Waals surface area contributed by atoms with Gasteiger partial charge in [0.15, 0.2) is 11.4 Å². The number of nitrogens with two attached hydrogens (primary N) is 1. The fraction of sp³-hybridized carbons (Fsp3) is 0.125. The van der Waals surface area contributed by atoms with Crippen molar-refractivity contribution >= 4 is 26.9 Å². The first-order valence-corrected chi connectivity index (χ1v) is 7.29. The number of fused-ring (bicyclic) bond motifs is 1. The Labute approximate surface area is 130 Å². The van der Waals surface area contributed by atoms with Gasteiger partial charge in [0.05, 0.1) is 0 Å². The van der Waals surface area contributed by atoms with E-state index in [1.165, 1.54) is 6.07 Å². The molecule has 0 aliphatic rings. The number of furan rings is 1. The fourth-order valence-electron chi connectivity index (χ4n) is 2.38. The van der Waals surface area contributed by atoms with Crippen molar-refractivity contribution in [1.29, 1.82) is 0 Å². The molecule has 3 aromatic rings. The zero-order chi connectivity index (χ0) is 15.0. The van der Waals surface area contributed by atoms with Crippen LogP contribution in [0.1, 0.15) is 22.9 Å². The van der Waals surface area contributed by atoms with Crippen LogP contribution in [0.15, 0.2) is 51.4 Å². The summed E-state index contributed by atoms with van der Waals surface area (Å²) in [7, 11) is 0. The largest absolute Gasteiger partial charge is 0.456 e. The Morgan fingerprint density at radius 2 is 2.05 bits per heavy atom. The van der Waals surface area contributed by atoms with Gasteiger partial charge < -0.3 is 4.42 Å². The van der Waals surface area contributed by atoms with E-state index in [1.807, 2.05) is 31.2 Å². The molecular weight excluding hydrogens is 335 g/mol. The van der Waals surface area contributed by atoms with E-state index in [4.69, 9.17) is 10.3 Å². The maximum atomic E-state index is 13.7. The minimum Gasteiger partial charge on any atom is -0.456 e. The van der Waals surface area contributed by atoms with E-state index in [2.05, 4.69) is 21.4 Å². The minimum absolute atomic E-state index is 0.251. The number of hydrogen-bond acceptors (Lipinski definition) is 3. The molecule has 0 spiro atoms. The highest BCUT2D eigenvalue weighted by molar-refractivity contribution is 9.10. The SMILES string of the molecule is Cc1cc(C(NN)c2cc3cccc(F)c3o2)ccc1Br. The summed E-state index contributed by atoms with van der Waals surface area (Å²) in [5, 5.41) is 0.721. The van der Waals surface area contributed by atoms with Crippen LogP contribution in [-0.2, 0) is 0 Å². The maximum absolute atomic E-state index is 13.7. The second-order valence-electron chi connectivity index (χ2n) is 4.92. The van der Waals surface area contributed by atoms with Crippen LogP contribution in [0.5, 0.6) is 0 Å². The standard InChI is InChI=1S/C16H14BrFN2O/c1-9-7-10(5-6-12(9)17)15(20-19)14-8-11-3-2-4-13(18)16(11)21-14/h2-8,15,20H,19H2,1H3. The van der Waals surface area contributed by atoms with Gasteiger partial charge in [0.25, 0.3) is 0 Å². The van der Waals surface area contributed by atoms with Crippen LogP contribution < -0.4 is 11.3 Å². The monoisotopic (exact) mass is 348 g/mol. The Bertz CT molecular complexity index is 800.